The monoisotopic (exact) mass is 215 g/mol. The maximum absolute atomic E-state index is 5.46. The topological polar surface area (TPSA) is 50.9 Å². The van der Waals surface area contributed by atoms with Crippen molar-refractivity contribution in [3.63, 3.8) is 0 Å². The van der Waals surface area contributed by atoms with Gasteiger partial charge in [-0.3, -0.25) is 0 Å². The lowest BCUT2D eigenvalue weighted by molar-refractivity contribution is 0.773. The van der Waals surface area contributed by atoms with Crippen molar-refractivity contribution >= 4 is 16.6 Å². The molecule has 0 aliphatic carbocycles. The summed E-state index contributed by atoms with van der Waals surface area (Å²) < 4.78 is 0. The summed E-state index contributed by atoms with van der Waals surface area (Å²) in [6, 6.07) is 10.3. The van der Waals surface area contributed by atoms with E-state index in [1.807, 2.05) is 24.4 Å². The first-order valence-electron chi connectivity index (χ1n) is 5.69. The van der Waals surface area contributed by atoms with Crippen molar-refractivity contribution in [1.82, 2.24) is 4.98 Å². The Morgan fingerprint density at radius 3 is 2.88 bits per heavy atom. The highest BCUT2D eigenvalue weighted by Crippen LogP contribution is 2.20. The zero-order valence-corrected chi connectivity index (χ0v) is 9.32. The van der Waals surface area contributed by atoms with E-state index in [2.05, 4.69) is 22.4 Å². The Balaban J connectivity index is 2.11. The molecule has 3 N–H and O–H groups in total. The number of rotatable bonds is 5. The van der Waals surface area contributed by atoms with Crippen LogP contribution in [0.15, 0.2) is 36.5 Å². The third kappa shape index (κ3) is 2.49. The van der Waals surface area contributed by atoms with E-state index in [0.717, 1.165) is 31.7 Å². The van der Waals surface area contributed by atoms with Crippen molar-refractivity contribution in [3.05, 3.63) is 36.5 Å². The van der Waals surface area contributed by atoms with Crippen molar-refractivity contribution in [1.29, 1.82) is 0 Å². The van der Waals surface area contributed by atoms with Crippen LogP contribution in [0.4, 0.5) is 5.82 Å². The highest BCUT2D eigenvalue weighted by molar-refractivity contribution is 5.91. The third-order valence-electron chi connectivity index (χ3n) is 2.60. The summed E-state index contributed by atoms with van der Waals surface area (Å²) in [4.78, 5) is 4.36. The normalized spacial score (nSPS) is 10.6. The van der Waals surface area contributed by atoms with Gasteiger partial charge < -0.3 is 11.1 Å². The van der Waals surface area contributed by atoms with Crippen LogP contribution in [0.25, 0.3) is 10.8 Å². The molecule has 3 heteroatoms. The zero-order valence-electron chi connectivity index (χ0n) is 9.32. The van der Waals surface area contributed by atoms with E-state index in [1.54, 1.807) is 0 Å². The second kappa shape index (κ2) is 5.47. The molecule has 0 aliphatic heterocycles. The Morgan fingerprint density at radius 1 is 1.12 bits per heavy atom. The number of hydrogen-bond acceptors (Lipinski definition) is 3. The van der Waals surface area contributed by atoms with Crippen molar-refractivity contribution in [2.75, 3.05) is 18.4 Å². The summed E-state index contributed by atoms with van der Waals surface area (Å²) in [6.45, 7) is 1.68. The number of benzene rings is 1. The number of nitrogens with two attached hydrogens (primary N) is 1. The Labute approximate surface area is 95.7 Å². The molecule has 2 aromatic rings. The molecule has 0 saturated heterocycles. The highest BCUT2D eigenvalue weighted by atomic mass is 15.0. The van der Waals surface area contributed by atoms with Gasteiger partial charge in [0.25, 0.3) is 0 Å². The van der Waals surface area contributed by atoms with Gasteiger partial charge in [0.05, 0.1) is 0 Å². The van der Waals surface area contributed by atoms with Crippen LogP contribution in [0.2, 0.25) is 0 Å². The van der Waals surface area contributed by atoms with Gasteiger partial charge in [-0.25, -0.2) is 4.98 Å². The van der Waals surface area contributed by atoms with Gasteiger partial charge in [0.15, 0.2) is 0 Å². The number of fused-ring (bicyclic) bond motifs is 1. The van der Waals surface area contributed by atoms with E-state index in [4.69, 9.17) is 5.73 Å². The minimum atomic E-state index is 0.755. The van der Waals surface area contributed by atoms with Crippen LogP contribution in [-0.2, 0) is 0 Å². The van der Waals surface area contributed by atoms with Gasteiger partial charge in [-0.1, -0.05) is 24.3 Å². The maximum Gasteiger partial charge on any atom is 0.133 e. The van der Waals surface area contributed by atoms with Crippen LogP contribution in [0.3, 0.4) is 0 Å². The molecule has 16 heavy (non-hydrogen) atoms. The lowest BCUT2D eigenvalue weighted by Gasteiger charge is -2.07. The summed E-state index contributed by atoms with van der Waals surface area (Å²) >= 11 is 0. The summed E-state index contributed by atoms with van der Waals surface area (Å²) in [5, 5.41) is 5.76. The largest absolute Gasteiger partial charge is 0.370 e. The van der Waals surface area contributed by atoms with Crippen LogP contribution < -0.4 is 11.1 Å². The average Bonchev–Trinajstić information content (AvgIpc) is 2.35. The molecule has 84 valence electrons. The fourth-order valence-corrected chi connectivity index (χ4v) is 1.74. The van der Waals surface area contributed by atoms with Crippen molar-refractivity contribution < 1.29 is 0 Å². The molecule has 3 nitrogen and oxygen atoms in total. The van der Waals surface area contributed by atoms with Gasteiger partial charge in [0.2, 0.25) is 0 Å². The Kier molecular flexibility index (Phi) is 3.72. The number of nitrogens with one attached hydrogen (secondary N) is 1. The molecule has 1 aromatic heterocycles. The molecule has 0 saturated carbocycles. The van der Waals surface area contributed by atoms with Crippen LogP contribution in [0.1, 0.15) is 12.8 Å². The number of pyridine rings is 1. The average molecular weight is 215 g/mol. The van der Waals surface area contributed by atoms with E-state index in [9.17, 15) is 0 Å². The first kappa shape index (κ1) is 10.9. The van der Waals surface area contributed by atoms with E-state index >= 15 is 0 Å². The SMILES string of the molecule is NCCCCNc1nccc2ccccc12. The first-order valence-corrected chi connectivity index (χ1v) is 5.69. The summed E-state index contributed by atoms with van der Waals surface area (Å²) in [7, 11) is 0. The molecule has 0 bridgehead atoms. The molecule has 1 heterocycles. The van der Waals surface area contributed by atoms with Gasteiger partial charge >= 0.3 is 0 Å². The summed E-state index contributed by atoms with van der Waals surface area (Å²) in [6.07, 6.45) is 3.98. The van der Waals surface area contributed by atoms with E-state index in [0.29, 0.717) is 0 Å². The minimum absolute atomic E-state index is 0.755. The Bertz CT molecular complexity index is 448. The number of anilines is 1. The standard InChI is InChI=1S/C13H17N3/c14-8-3-4-9-15-13-12-6-2-1-5-11(12)7-10-16-13/h1-2,5-7,10H,3-4,8-9,14H2,(H,15,16). The highest BCUT2D eigenvalue weighted by Gasteiger charge is 1.99. The van der Waals surface area contributed by atoms with Gasteiger partial charge in [0.1, 0.15) is 5.82 Å². The molecule has 0 atom stereocenters. The summed E-state index contributed by atoms with van der Waals surface area (Å²) in [5.74, 6) is 0.968. The molecular weight excluding hydrogens is 198 g/mol. The van der Waals surface area contributed by atoms with Crippen LogP contribution in [0.5, 0.6) is 0 Å². The lowest BCUT2D eigenvalue weighted by Crippen LogP contribution is -2.06. The zero-order chi connectivity index (χ0) is 11.2. The van der Waals surface area contributed by atoms with Crippen molar-refractivity contribution in [2.24, 2.45) is 5.73 Å². The molecule has 1 aromatic carbocycles. The number of aromatic nitrogens is 1. The maximum atomic E-state index is 5.46. The molecule has 0 aliphatic rings. The quantitative estimate of drug-likeness (QED) is 0.753. The number of unbranched alkanes of at least 4 members (excludes halogenated alkanes) is 1. The van der Waals surface area contributed by atoms with Crippen LogP contribution in [-0.4, -0.2) is 18.1 Å². The van der Waals surface area contributed by atoms with E-state index in [-0.39, 0.29) is 0 Å². The molecule has 2 rings (SSSR count). The molecule has 0 amide bonds. The first-order chi connectivity index (χ1) is 7.92. The lowest BCUT2D eigenvalue weighted by atomic mass is 10.1. The number of hydrogen-bond donors (Lipinski definition) is 2. The fraction of sp³-hybridized carbons (Fsp3) is 0.308. The second-order valence-corrected chi connectivity index (χ2v) is 3.80. The molecule has 0 radical (unpaired) electrons. The van der Waals surface area contributed by atoms with Gasteiger partial charge in [-0.15, -0.1) is 0 Å². The van der Waals surface area contributed by atoms with Gasteiger partial charge in [-0.2, -0.15) is 0 Å². The minimum Gasteiger partial charge on any atom is -0.370 e. The smallest absolute Gasteiger partial charge is 0.133 e. The van der Waals surface area contributed by atoms with E-state index < -0.39 is 0 Å². The van der Waals surface area contributed by atoms with Gasteiger partial charge in [0, 0.05) is 18.1 Å². The Morgan fingerprint density at radius 2 is 2.00 bits per heavy atom. The Hall–Kier alpha value is -1.61. The van der Waals surface area contributed by atoms with E-state index in [1.165, 1.54) is 10.8 Å². The predicted octanol–water partition coefficient (Wildman–Crippen LogP) is 2.39. The molecule has 0 fully saturated rings. The molecular formula is C13H17N3. The fourth-order valence-electron chi connectivity index (χ4n) is 1.74. The summed E-state index contributed by atoms with van der Waals surface area (Å²) in [5.41, 5.74) is 5.46. The van der Waals surface area contributed by atoms with Gasteiger partial charge in [-0.05, 0) is 30.8 Å². The number of nitrogens with zero attached hydrogens (tertiary/aromatic N) is 1. The van der Waals surface area contributed by atoms with Crippen molar-refractivity contribution in [2.45, 2.75) is 12.8 Å². The second-order valence-electron chi connectivity index (χ2n) is 3.80. The van der Waals surface area contributed by atoms with Crippen molar-refractivity contribution in [3.8, 4) is 0 Å². The third-order valence-corrected chi connectivity index (χ3v) is 2.60. The predicted molar refractivity (Wildman–Crippen MR) is 68.5 cm³/mol. The molecule has 0 spiro atoms. The van der Waals surface area contributed by atoms with Crippen LogP contribution >= 0.6 is 0 Å². The van der Waals surface area contributed by atoms with Crippen LogP contribution in [0, 0.1) is 0 Å². The molecule has 0 unspecified atom stereocenters.